The van der Waals surface area contributed by atoms with Crippen molar-refractivity contribution >= 4 is 17.1 Å². The van der Waals surface area contributed by atoms with Crippen molar-refractivity contribution in [1.82, 2.24) is 4.98 Å². The zero-order valence-electron chi connectivity index (χ0n) is 9.59. The molecule has 2 rings (SSSR count). The van der Waals surface area contributed by atoms with Crippen LogP contribution >= 0.6 is 0 Å². The first-order valence-corrected chi connectivity index (χ1v) is 5.09. The van der Waals surface area contributed by atoms with E-state index in [2.05, 4.69) is 31.1 Å². The monoisotopic (exact) mass is 204 g/mol. The van der Waals surface area contributed by atoms with Crippen molar-refractivity contribution < 1.29 is 4.42 Å². The minimum Gasteiger partial charge on any atom is -0.424 e. The average Bonchev–Trinajstić information content (AvgIpc) is 2.42. The number of nitrogens with one attached hydrogen (secondary N) is 1. The molecule has 0 aliphatic rings. The standard InChI is InChI=1S/C12H16N2O/c1-8-5-6-9-10(7-8)15-11(13-9)14-12(2,3)4/h5-7H,1-4H3,(H,13,14). The highest BCUT2D eigenvalue weighted by molar-refractivity contribution is 5.75. The summed E-state index contributed by atoms with van der Waals surface area (Å²) >= 11 is 0. The van der Waals surface area contributed by atoms with Gasteiger partial charge in [0.1, 0.15) is 5.52 Å². The lowest BCUT2D eigenvalue weighted by atomic mass is 10.1. The summed E-state index contributed by atoms with van der Waals surface area (Å²) in [5.41, 5.74) is 2.88. The molecule has 0 amide bonds. The molecule has 0 fully saturated rings. The van der Waals surface area contributed by atoms with Gasteiger partial charge in [0.15, 0.2) is 5.58 Å². The van der Waals surface area contributed by atoms with Gasteiger partial charge < -0.3 is 9.73 Å². The Labute approximate surface area is 89.5 Å². The third-order valence-corrected chi connectivity index (χ3v) is 2.03. The van der Waals surface area contributed by atoms with E-state index >= 15 is 0 Å². The Hall–Kier alpha value is -1.51. The molecule has 1 aromatic heterocycles. The maximum Gasteiger partial charge on any atom is 0.296 e. The van der Waals surface area contributed by atoms with Gasteiger partial charge in [-0.3, -0.25) is 0 Å². The van der Waals surface area contributed by atoms with Gasteiger partial charge in [-0.15, -0.1) is 0 Å². The topological polar surface area (TPSA) is 38.1 Å². The van der Waals surface area contributed by atoms with E-state index < -0.39 is 0 Å². The minimum absolute atomic E-state index is 0.0318. The van der Waals surface area contributed by atoms with E-state index in [9.17, 15) is 0 Å². The van der Waals surface area contributed by atoms with Gasteiger partial charge in [0.05, 0.1) is 0 Å². The zero-order chi connectivity index (χ0) is 11.1. The number of nitrogens with zero attached hydrogens (tertiary/aromatic N) is 1. The Morgan fingerprint density at radius 1 is 1.27 bits per heavy atom. The average molecular weight is 204 g/mol. The second-order valence-electron chi connectivity index (χ2n) is 4.87. The second kappa shape index (κ2) is 3.26. The maximum absolute atomic E-state index is 5.60. The Balaban J connectivity index is 2.39. The van der Waals surface area contributed by atoms with Crippen LogP contribution in [0.5, 0.6) is 0 Å². The quantitative estimate of drug-likeness (QED) is 0.774. The lowest BCUT2D eigenvalue weighted by molar-refractivity contribution is 0.555. The molecule has 80 valence electrons. The maximum atomic E-state index is 5.60. The van der Waals surface area contributed by atoms with Crippen LogP contribution in [0.3, 0.4) is 0 Å². The van der Waals surface area contributed by atoms with Crippen molar-refractivity contribution in [3.8, 4) is 0 Å². The number of oxazole rings is 1. The molecular formula is C12H16N2O. The number of hydrogen-bond donors (Lipinski definition) is 1. The summed E-state index contributed by atoms with van der Waals surface area (Å²) in [4.78, 5) is 4.36. The van der Waals surface area contributed by atoms with E-state index in [0.717, 1.165) is 11.1 Å². The van der Waals surface area contributed by atoms with Gasteiger partial charge in [-0.05, 0) is 45.4 Å². The summed E-state index contributed by atoms with van der Waals surface area (Å²) in [7, 11) is 0. The van der Waals surface area contributed by atoms with E-state index in [1.807, 2.05) is 25.1 Å². The molecule has 1 heterocycles. The van der Waals surface area contributed by atoms with Crippen molar-refractivity contribution in [3.63, 3.8) is 0 Å². The fraction of sp³-hybridized carbons (Fsp3) is 0.417. The first-order valence-electron chi connectivity index (χ1n) is 5.09. The molecule has 0 bridgehead atoms. The molecule has 0 radical (unpaired) electrons. The smallest absolute Gasteiger partial charge is 0.296 e. The number of anilines is 1. The zero-order valence-corrected chi connectivity index (χ0v) is 9.59. The van der Waals surface area contributed by atoms with Crippen LogP contribution in [0, 0.1) is 6.92 Å². The molecule has 0 saturated carbocycles. The molecule has 0 aliphatic carbocycles. The van der Waals surface area contributed by atoms with Gasteiger partial charge in [0.2, 0.25) is 0 Å². The molecule has 3 nitrogen and oxygen atoms in total. The highest BCUT2D eigenvalue weighted by Crippen LogP contribution is 2.22. The van der Waals surface area contributed by atoms with Gasteiger partial charge in [-0.2, -0.15) is 4.98 Å². The fourth-order valence-electron chi connectivity index (χ4n) is 1.41. The number of benzene rings is 1. The first-order chi connectivity index (χ1) is 6.94. The first kappa shape index (κ1) is 10.0. The molecule has 15 heavy (non-hydrogen) atoms. The van der Waals surface area contributed by atoms with Crippen LogP contribution in [0.1, 0.15) is 26.3 Å². The fourth-order valence-corrected chi connectivity index (χ4v) is 1.41. The molecule has 1 N–H and O–H groups in total. The molecule has 0 aliphatic heterocycles. The van der Waals surface area contributed by atoms with Crippen LogP contribution in [0.25, 0.3) is 11.1 Å². The van der Waals surface area contributed by atoms with E-state index in [1.54, 1.807) is 0 Å². The molecule has 0 unspecified atom stereocenters. The van der Waals surface area contributed by atoms with Gasteiger partial charge in [0.25, 0.3) is 6.01 Å². The Morgan fingerprint density at radius 3 is 2.67 bits per heavy atom. The Kier molecular flexibility index (Phi) is 2.18. The third kappa shape index (κ3) is 2.29. The van der Waals surface area contributed by atoms with E-state index in [0.29, 0.717) is 6.01 Å². The van der Waals surface area contributed by atoms with Crippen molar-refractivity contribution in [1.29, 1.82) is 0 Å². The molecule has 0 spiro atoms. The van der Waals surface area contributed by atoms with Crippen LogP contribution in [0.15, 0.2) is 22.6 Å². The van der Waals surface area contributed by atoms with Crippen molar-refractivity contribution in [2.75, 3.05) is 5.32 Å². The lowest BCUT2D eigenvalue weighted by Crippen LogP contribution is -2.26. The molecule has 0 saturated heterocycles. The van der Waals surface area contributed by atoms with Gasteiger partial charge in [0, 0.05) is 5.54 Å². The number of rotatable bonds is 1. The van der Waals surface area contributed by atoms with Crippen molar-refractivity contribution in [3.05, 3.63) is 23.8 Å². The van der Waals surface area contributed by atoms with Crippen LogP contribution in [0.2, 0.25) is 0 Å². The largest absolute Gasteiger partial charge is 0.424 e. The molecule has 1 aromatic carbocycles. The molecular weight excluding hydrogens is 188 g/mol. The molecule has 3 heteroatoms. The number of aromatic nitrogens is 1. The normalized spacial score (nSPS) is 12.0. The highest BCUT2D eigenvalue weighted by Gasteiger charge is 2.13. The lowest BCUT2D eigenvalue weighted by Gasteiger charge is -2.18. The summed E-state index contributed by atoms with van der Waals surface area (Å²) in [6.45, 7) is 8.27. The van der Waals surface area contributed by atoms with Gasteiger partial charge in [-0.1, -0.05) is 6.07 Å². The summed E-state index contributed by atoms with van der Waals surface area (Å²) in [5, 5.41) is 3.21. The Bertz CT molecular complexity index is 480. The van der Waals surface area contributed by atoms with Crippen LogP contribution in [0.4, 0.5) is 6.01 Å². The van der Waals surface area contributed by atoms with Gasteiger partial charge in [-0.25, -0.2) is 0 Å². The van der Waals surface area contributed by atoms with E-state index in [-0.39, 0.29) is 5.54 Å². The van der Waals surface area contributed by atoms with Gasteiger partial charge >= 0.3 is 0 Å². The van der Waals surface area contributed by atoms with Crippen molar-refractivity contribution in [2.45, 2.75) is 33.2 Å². The third-order valence-electron chi connectivity index (χ3n) is 2.03. The second-order valence-corrected chi connectivity index (χ2v) is 4.87. The predicted molar refractivity (Wildman–Crippen MR) is 62.1 cm³/mol. The van der Waals surface area contributed by atoms with E-state index in [1.165, 1.54) is 5.56 Å². The SMILES string of the molecule is Cc1ccc2nc(NC(C)(C)C)oc2c1. The van der Waals surface area contributed by atoms with Crippen LogP contribution < -0.4 is 5.32 Å². The summed E-state index contributed by atoms with van der Waals surface area (Å²) in [6.07, 6.45) is 0. The molecule has 0 atom stereocenters. The minimum atomic E-state index is -0.0318. The predicted octanol–water partition coefficient (Wildman–Crippen LogP) is 3.35. The molecule has 2 aromatic rings. The Morgan fingerprint density at radius 2 is 2.00 bits per heavy atom. The van der Waals surface area contributed by atoms with E-state index in [4.69, 9.17) is 4.42 Å². The van der Waals surface area contributed by atoms with Crippen molar-refractivity contribution in [2.24, 2.45) is 0 Å². The number of fused-ring (bicyclic) bond motifs is 1. The van der Waals surface area contributed by atoms with Crippen LogP contribution in [-0.2, 0) is 0 Å². The number of aryl methyl sites for hydroxylation is 1. The summed E-state index contributed by atoms with van der Waals surface area (Å²) < 4.78 is 5.60. The number of hydrogen-bond acceptors (Lipinski definition) is 3. The summed E-state index contributed by atoms with van der Waals surface area (Å²) in [6, 6.07) is 6.59. The summed E-state index contributed by atoms with van der Waals surface area (Å²) in [5.74, 6) is 0. The van der Waals surface area contributed by atoms with Crippen LogP contribution in [-0.4, -0.2) is 10.5 Å². The highest BCUT2D eigenvalue weighted by atomic mass is 16.4.